The highest BCUT2D eigenvalue weighted by molar-refractivity contribution is 5.88. The first-order valence-electron chi connectivity index (χ1n) is 5.59. The molecule has 0 radical (unpaired) electrons. The van der Waals surface area contributed by atoms with E-state index in [1.807, 2.05) is 0 Å². The van der Waals surface area contributed by atoms with Crippen LogP contribution in [-0.4, -0.2) is 12.6 Å². The number of rotatable bonds is 3. The minimum atomic E-state index is -0.725. The summed E-state index contributed by atoms with van der Waals surface area (Å²) in [5, 5.41) is 0. The molecule has 96 valence electrons. The number of benzene rings is 1. The molecule has 1 aromatic carbocycles. The summed E-state index contributed by atoms with van der Waals surface area (Å²) in [4.78, 5) is 11.6. The van der Waals surface area contributed by atoms with Gasteiger partial charge in [0.1, 0.15) is 18.2 Å². The van der Waals surface area contributed by atoms with E-state index in [0.717, 1.165) is 18.6 Å². The van der Waals surface area contributed by atoms with Crippen molar-refractivity contribution >= 4 is 5.97 Å². The number of carbonyl (C=O) groups is 1. The van der Waals surface area contributed by atoms with Crippen molar-refractivity contribution < 1.29 is 23.0 Å². The molecule has 1 aromatic rings. The molecule has 3 nitrogen and oxygen atoms in total. The van der Waals surface area contributed by atoms with Crippen molar-refractivity contribution in [1.29, 1.82) is 0 Å². The standard InChI is InChI=1S/C13H12F2O3/c14-11-4-1-5-12(15)10(11)8-18-13(16)9-3-2-6-17-7-9/h1,4-5,7H,2-3,6,8H2. The van der Waals surface area contributed by atoms with Crippen LogP contribution in [0.15, 0.2) is 30.0 Å². The Bertz CT molecular complexity index is 463. The molecule has 1 aliphatic heterocycles. The van der Waals surface area contributed by atoms with Crippen molar-refractivity contribution in [1.82, 2.24) is 0 Å². The third kappa shape index (κ3) is 2.85. The molecule has 0 amide bonds. The largest absolute Gasteiger partial charge is 0.501 e. The van der Waals surface area contributed by atoms with Crippen molar-refractivity contribution in [3.8, 4) is 0 Å². The van der Waals surface area contributed by atoms with Gasteiger partial charge in [-0.3, -0.25) is 0 Å². The first kappa shape index (κ1) is 12.5. The normalized spacial score (nSPS) is 14.7. The second-order valence-corrected chi connectivity index (χ2v) is 3.89. The van der Waals surface area contributed by atoms with E-state index in [1.54, 1.807) is 0 Å². The van der Waals surface area contributed by atoms with Crippen LogP contribution in [0.1, 0.15) is 18.4 Å². The third-order valence-corrected chi connectivity index (χ3v) is 2.61. The highest BCUT2D eigenvalue weighted by atomic mass is 19.1. The van der Waals surface area contributed by atoms with Crippen LogP contribution < -0.4 is 0 Å². The minimum Gasteiger partial charge on any atom is -0.501 e. The molecule has 0 spiro atoms. The minimum absolute atomic E-state index is 0.247. The molecule has 0 aliphatic carbocycles. The van der Waals surface area contributed by atoms with E-state index in [2.05, 4.69) is 0 Å². The van der Waals surface area contributed by atoms with Gasteiger partial charge in [0.15, 0.2) is 0 Å². The second-order valence-electron chi connectivity index (χ2n) is 3.89. The van der Waals surface area contributed by atoms with Crippen LogP contribution in [0.5, 0.6) is 0 Å². The van der Waals surface area contributed by atoms with Gasteiger partial charge in [0.05, 0.1) is 24.0 Å². The Morgan fingerprint density at radius 3 is 2.67 bits per heavy atom. The van der Waals surface area contributed by atoms with Crippen LogP contribution >= 0.6 is 0 Å². The van der Waals surface area contributed by atoms with E-state index in [1.165, 1.54) is 12.3 Å². The Labute approximate surface area is 103 Å². The summed E-state index contributed by atoms with van der Waals surface area (Å²) in [6, 6.07) is 3.50. The fourth-order valence-electron chi connectivity index (χ4n) is 1.62. The zero-order chi connectivity index (χ0) is 13.0. The summed E-state index contributed by atoms with van der Waals surface area (Å²) >= 11 is 0. The zero-order valence-electron chi connectivity index (χ0n) is 9.62. The Kier molecular flexibility index (Phi) is 3.92. The van der Waals surface area contributed by atoms with Crippen LogP contribution in [0, 0.1) is 11.6 Å². The van der Waals surface area contributed by atoms with Gasteiger partial charge < -0.3 is 9.47 Å². The van der Waals surface area contributed by atoms with Gasteiger partial charge in [-0.15, -0.1) is 0 Å². The van der Waals surface area contributed by atoms with Gasteiger partial charge in [-0.05, 0) is 25.0 Å². The Balaban J connectivity index is 1.99. The molecule has 18 heavy (non-hydrogen) atoms. The van der Waals surface area contributed by atoms with E-state index in [-0.39, 0.29) is 5.56 Å². The second kappa shape index (κ2) is 5.62. The lowest BCUT2D eigenvalue weighted by atomic mass is 10.1. The highest BCUT2D eigenvalue weighted by Crippen LogP contribution is 2.17. The maximum atomic E-state index is 13.3. The molecule has 1 aliphatic rings. The van der Waals surface area contributed by atoms with Crippen molar-refractivity contribution in [3.05, 3.63) is 47.2 Å². The lowest BCUT2D eigenvalue weighted by Gasteiger charge is -2.13. The van der Waals surface area contributed by atoms with Crippen LogP contribution in [0.3, 0.4) is 0 Å². The Morgan fingerprint density at radius 1 is 1.33 bits per heavy atom. The molecular formula is C13H12F2O3. The van der Waals surface area contributed by atoms with Crippen LogP contribution in [0.25, 0.3) is 0 Å². The SMILES string of the molecule is O=C(OCc1c(F)cccc1F)C1=COCCC1. The van der Waals surface area contributed by atoms with Gasteiger partial charge in [-0.25, -0.2) is 13.6 Å². The van der Waals surface area contributed by atoms with Gasteiger partial charge in [-0.1, -0.05) is 6.07 Å². The van der Waals surface area contributed by atoms with Gasteiger partial charge >= 0.3 is 5.97 Å². The Hall–Kier alpha value is -1.91. The molecule has 0 unspecified atom stereocenters. The van der Waals surface area contributed by atoms with Gasteiger partial charge in [-0.2, -0.15) is 0 Å². The van der Waals surface area contributed by atoms with Gasteiger partial charge in [0, 0.05) is 0 Å². The molecule has 5 heteroatoms. The summed E-state index contributed by atoms with van der Waals surface area (Å²) in [6.07, 6.45) is 2.62. The maximum Gasteiger partial charge on any atom is 0.337 e. The number of halogens is 2. The smallest absolute Gasteiger partial charge is 0.337 e. The maximum absolute atomic E-state index is 13.3. The number of hydrogen-bond donors (Lipinski definition) is 0. The van der Waals surface area contributed by atoms with Crippen LogP contribution in [0.4, 0.5) is 8.78 Å². The molecule has 2 rings (SSSR count). The van der Waals surface area contributed by atoms with E-state index in [4.69, 9.17) is 9.47 Å². The first-order valence-corrected chi connectivity index (χ1v) is 5.59. The monoisotopic (exact) mass is 254 g/mol. The van der Waals surface area contributed by atoms with Crippen LogP contribution in [-0.2, 0) is 20.9 Å². The number of esters is 1. The molecular weight excluding hydrogens is 242 g/mol. The first-order chi connectivity index (χ1) is 8.68. The molecule has 0 N–H and O–H groups in total. The van der Waals surface area contributed by atoms with Crippen molar-refractivity contribution in [3.63, 3.8) is 0 Å². The summed E-state index contributed by atoms with van der Waals surface area (Å²) in [5.41, 5.74) is 0.140. The number of hydrogen-bond acceptors (Lipinski definition) is 3. The molecule has 0 saturated carbocycles. The van der Waals surface area contributed by atoms with E-state index in [0.29, 0.717) is 18.6 Å². The molecule has 0 atom stereocenters. The predicted molar refractivity (Wildman–Crippen MR) is 59.4 cm³/mol. The van der Waals surface area contributed by atoms with Crippen molar-refractivity contribution in [2.24, 2.45) is 0 Å². The lowest BCUT2D eigenvalue weighted by Crippen LogP contribution is -2.13. The summed E-state index contributed by atoms with van der Waals surface area (Å²) < 4.78 is 36.4. The fourth-order valence-corrected chi connectivity index (χ4v) is 1.62. The average molecular weight is 254 g/mol. The molecule has 0 fully saturated rings. The van der Waals surface area contributed by atoms with Crippen molar-refractivity contribution in [2.75, 3.05) is 6.61 Å². The molecule has 1 heterocycles. The third-order valence-electron chi connectivity index (χ3n) is 2.61. The lowest BCUT2D eigenvalue weighted by molar-refractivity contribution is -0.141. The molecule has 0 saturated heterocycles. The van der Waals surface area contributed by atoms with Crippen LogP contribution in [0.2, 0.25) is 0 Å². The summed E-state index contributed by atoms with van der Waals surface area (Å²) in [5.74, 6) is -2.05. The molecule has 0 aromatic heterocycles. The zero-order valence-corrected chi connectivity index (χ0v) is 9.62. The predicted octanol–water partition coefficient (Wildman–Crippen LogP) is 2.70. The fraction of sp³-hybridized carbons (Fsp3) is 0.308. The molecule has 0 bridgehead atoms. The number of carbonyl (C=O) groups excluding carboxylic acids is 1. The van der Waals surface area contributed by atoms with E-state index < -0.39 is 24.2 Å². The highest BCUT2D eigenvalue weighted by Gasteiger charge is 2.16. The van der Waals surface area contributed by atoms with E-state index in [9.17, 15) is 13.6 Å². The van der Waals surface area contributed by atoms with Gasteiger partial charge in [0.25, 0.3) is 0 Å². The average Bonchev–Trinajstić information content (AvgIpc) is 2.39. The quantitative estimate of drug-likeness (QED) is 0.778. The van der Waals surface area contributed by atoms with E-state index >= 15 is 0 Å². The Morgan fingerprint density at radius 2 is 2.06 bits per heavy atom. The number of ether oxygens (including phenoxy) is 2. The van der Waals surface area contributed by atoms with Gasteiger partial charge in [0.2, 0.25) is 0 Å². The summed E-state index contributed by atoms with van der Waals surface area (Å²) in [7, 11) is 0. The van der Waals surface area contributed by atoms with Crippen molar-refractivity contribution in [2.45, 2.75) is 19.4 Å². The summed E-state index contributed by atoms with van der Waals surface area (Å²) in [6.45, 7) is 0.146. The topological polar surface area (TPSA) is 35.5 Å².